The van der Waals surface area contributed by atoms with Crippen molar-refractivity contribution in [3.63, 3.8) is 0 Å². The number of benzene rings is 2. The van der Waals surface area contributed by atoms with Crippen molar-refractivity contribution >= 4 is 17.5 Å². The number of amides is 2. The molecule has 2 aromatic carbocycles. The lowest BCUT2D eigenvalue weighted by atomic mass is 9.95. The van der Waals surface area contributed by atoms with Gasteiger partial charge in [0.2, 0.25) is 11.7 Å². The van der Waals surface area contributed by atoms with E-state index >= 15 is 0 Å². The number of carbonyl (C=O) groups excluding carboxylic acids is 2. The van der Waals surface area contributed by atoms with Crippen molar-refractivity contribution in [2.75, 3.05) is 18.4 Å². The number of carbonyl (C=O) groups is 2. The number of rotatable bonds is 4. The zero-order chi connectivity index (χ0) is 19.3. The largest absolute Gasteiger partial charge is 0.339 e. The molecule has 1 saturated heterocycles. The number of anilines is 1. The molecule has 142 valence electrons. The Morgan fingerprint density at radius 1 is 1.00 bits per heavy atom. The fraction of sp³-hybridized carbons (Fsp3) is 0.250. The predicted octanol–water partition coefficient (Wildman–Crippen LogP) is 2.36. The van der Waals surface area contributed by atoms with Gasteiger partial charge in [-0.2, -0.15) is 5.21 Å². The molecule has 0 unspecified atom stereocenters. The van der Waals surface area contributed by atoms with Gasteiger partial charge in [0.05, 0.1) is 0 Å². The summed E-state index contributed by atoms with van der Waals surface area (Å²) in [5.74, 6) is 0.401. The third-order valence-electron chi connectivity index (χ3n) is 4.93. The van der Waals surface area contributed by atoms with Gasteiger partial charge in [-0.3, -0.25) is 9.59 Å². The van der Waals surface area contributed by atoms with E-state index in [9.17, 15) is 9.59 Å². The van der Waals surface area contributed by atoms with Crippen molar-refractivity contribution in [3.8, 4) is 11.4 Å². The van der Waals surface area contributed by atoms with E-state index in [1.165, 1.54) is 0 Å². The first kappa shape index (κ1) is 17.8. The normalized spacial score (nSPS) is 14.6. The molecule has 8 nitrogen and oxygen atoms in total. The minimum Gasteiger partial charge on any atom is -0.339 e. The van der Waals surface area contributed by atoms with E-state index in [-0.39, 0.29) is 17.7 Å². The van der Waals surface area contributed by atoms with Gasteiger partial charge in [-0.15, -0.1) is 10.2 Å². The fourth-order valence-electron chi connectivity index (χ4n) is 3.34. The second-order valence-corrected chi connectivity index (χ2v) is 6.73. The smallest absolute Gasteiger partial charge is 0.253 e. The lowest BCUT2D eigenvalue weighted by Crippen LogP contribution is -2.41. The molecule has 0 radical (unpaired) electrons. The van der Waals surface area contributed by atoms with Crippen LogP contribution in [-0.2, 0) is 4.79 Å². The van der Waals surface area contributed by atoms with Gasteiger partial charge in [0.1, 0.15) is 0 Å². The summed E-state index contributed by atoms with van der Waals surface area (Å²) in [6.07, 6.45) is 1.32. The van der Waals surface area contributed by atoms with Crippen LogP contribution in [0.1, 0.15) is 23.2 Å². The number of aromatic amines is 1. The zero-order valence-corrected chi connectivity index (χ0v) is 15.2. The minimum atomic E-state index is -0.0788. The van der Waals surface area contributed by atoms with E-state index in [2.05, 4.69) is 25.9 Å². The number of nitrogens with one attached hydrogen (secondary N) is 2. The third kappa shape index (κ3) is 3.90. The van der Waals surface area contributed by atoms with E-state index in [0.29, 0.717) is 37.3 Å². The SMILES string of the molecule is O=C(Nc1ccccc1)C1CCN(C(=O)c2ccc(-c3nn[nH]n3)cc2)CC1. The Labute approximate surface area is 162 Å². The van der Waals surface area contributed by atoms with Gasteiger partial charge < -0.3 is 10.2 Å². The van der Waals surface area contributed by atoms with Crippen LogP contribution in [0.15, 0.2) is 54.6 Å². The van der Waals surface area contributed by atoms with Gasteiger partial charge in [0.15, 0.2) is 0 Å². The molecule has 2 N–H and O–H groups in total. The van der Waals surface area contributed by atoms with Gasteiger partial charge >= 0.3 is 0 Å². The minimum absolute atomic E-state index is 0.0164. The fourth-order valence-corrected chi connectivity index (χ4v) is 3.34. The van der Waals surface area contributed by atoms with Crippen LogP contribution in [0.4, 0.5) is 5.69 Å². The van der Waals surface area contributed by atoms with Crippen LogP contribution in [0, 0.1) is 5.92 Å². The van der Waals surface area contributed by atoms with Crippen molar-refractivity contribution in [1.82, 2.24) is 25.5 Å². The van der Waals surface area contributed by atoms with Crippen LogP contribution in [0.5, 0.6) is 0 Å². The van der Waals surface area contributed by atoms with Crippen molar-refractivity contribution in [2.45, 2.75) is 12.8 Å². The Hall–Kier alpha value is -3.55. The van der Waals surface area contributed by atoms with Gasteiger partial charge in [-0.1, -0.05) is 30.3 Å². The third-order valence-corrected chi connectivity index (χ3v) is 4.93. The van der Waals surface area contributed by atoms with Crippen molar-refractivity contribution in [2.24, 2.45) is 5.92 Å². The molecule has 8 heteroatoms. The van der Waals surface area contributed by atoms with Crippen LogP contribution in [0.25, 0.3) is 11.4 Å². The first-order chi connectivity index (χ1) is 13.7. The quantitative estimate of drug-likeness (QED) is 0.727. The highest BCUT2D eigenvalue weighted by Gasteiger charge is 2.28. The average molecular weight is 376 g/mol. The average Bonchev–Trinajstić information content (AvgIpc) is 3.29. The highest BCUT2D eigenvalue weighted by atomic mass is 16.2. The van der Waals surface area contributed by atoms with Gasteiger partial charge in [-0.05, 0) is 42.3 Å². The molecular weight excluding hydrogens is 356 g/mol. The monoisotopic (exact) mass is 376 g/mol. The summed E-state index contributed by atoms with van der Waals surface area (Å²) in [7, 11) is 0. The summed E-state index contributed by atoms with van der Waals surface area (Å²) < 4.78 is 0. The Balaban J connectivity index is 1.33. The second-order valence-electron chi connectivity index (χ2n) is 6.73. The number of likely N-dealkylation sites (tertiary alicyclic amines) is 1. The molecular formula is C20H20N6O2. The molecule has 3 aromatic rings. The van der Waals surface area contributed by atoms with Crippen molar-refractivity contribution in [3.05, 3.63) is 60.2 Å². The van der Waals surface area contributed by atoms with Crippen LogP contribution in [0.3, 0.4) is 0 Å². The molecule has 28 heavy (non-hydrogen) atoms. The highest BCUT2D eigenvalue weighted by Crippen LogP contribution is 2.22. The molecule has 0 saturated carbocycles. The molecule has 0 aliphatic carbocycles. The van der Waals surface area contributed by atoms with E-state index < -0.39 is 0 Å². The molecule has 1 aliphatic heterocycles. The summed E-state index contributed by atoms with van der Waals surface area (Å²) in [5, 5.41) is 16.7. The van der Waals surface area contributed by atoms with Crippen molar-refractivity contribution in [1.29, 1.82) is 0 Å². The van der Waals surface area contributed by atoms with Crippen LogP contribution < -0.4 is 5.32 Å². The van der Waals surface area contributed by atoms with E-state index in [0.717, 1.165) is 11.3 Å². The number of aromatic nitrogens is 4. The molecule has 1 aliphatic rings. The number of nitrogens with zero attached hydrogens (tertiary/aromatic N) is 4. The molecule has 2 heterocycles. The Morgan fingerprint density at radius 2 is 1.71 bits per heavy atom. The topological polar surface area (TPSA) is 104 Å². The highest BCUT2D eigenvalue weighted by molar-refractivity contribution is 5.95. The summed E-state index contributed by atoms with van der Waals surface area (Å²) in [5.41, 5.74) is 2.20. The number of hydrogen-bond acceptors (Lipinski definition) is 5. The molecule has 4 rings (SSSR count). The number of para-hydroxylation sites is 1. The zero-order valence-electron chi connectivity index (χ0n) is 15.2. The summed E-state index contributed by atoms with van der Waals surface area (Å²) in [6, 6.07) is 16.6. The summed E-state index contributed by atoms with van der Waals surface area (Å²) >= 11 is 0. The number of tetrazole rings is 1. The standard InChI is InChI=1S/C20H20N6O2/c27-19(21-17-4-2-1-3-5-17)15-10-12-26(13-11-15)20(28)16-8-6-14(7-9-16)18-22-24-25-23-18/h1-9,15H,10-13H2,(H,21,27)(H,22,23,24,25). The lowest BCUT2D eigenvalue weighted by Gasteiger charge is -2.31. The van der Waals surface area contributed by atoms with Crippen LogP contribution in [-0.4, -0.2) is 50.4 Å². The first-order valence-electron chi connectivity index (χ1n) is 9.20. The molecule has 2 amide bonds. The van der Waals surface area contributed by atoms with Crippen molar-refractivity contribution < 1.29 is 9.59 Å². The Bertz CT molecular complexity index is 933. The van der Waals surface area contributed by atoms with E-state index in [4.69, 9.17) is 0 Å². The molecule has 1 fully saturated rings. The van der Waals surface area contributed by atoms with Gasteiger partial charge in [-0.25, -0.2) is 0 Å². The van der Waals surface area contributed by atoms with Crippen LogP contribution in [0.2, 0.25) is 0 Å². The number of H-pyrrole nitrogens is 1. The molecule has 0 spiro atoms. The Morgan fingerprint density at radius 3 is 2.36 bits per heavy atom. The van der Waals surface area contributed by atoms with E-state index in [1.807, 2.05) is 30.3 Å². The summed E-state index contributed by atoms with van der Waals surface area (Å²) in [4.78, 5) is 27.0. The van der Waals surface area contributed by atoms with Crippen LogP contribution >= 0.6 is 0 Å². The first-order valence-corrected chi connectivity index (χ1v) is 9.20. The van der Waals surface area contributed by atoms with Gasteiger partial charge in [0.25, 0.3) is 5.91 Å². The second kappa shape index (κ2) is 7.99. The predicted molar refractivity (Wildman–Crippen MR) is 103 cm³/mol. The maximum absolute atomic E-state index is 12.7. The molecule has 1 aromatic heterocycles. The Kier molecular flexibility index (Phi) is 5.09. The molecule has 0 atom stereocenters. The number of piperidine rings is 1. The van der Waals surface area contributed by atoms with E-state index in [1.54, 1.807) is 29.2 Å². The summed E-state index contributed by atoms with van der Waals surface area (Å²) in [6.45, 7) is 1.14. The lowest BCUT2D eigenvalue weighted by molar-refractivity contribution is -0.121. The van der Waals surface area contributed by atoms with Gasteiger partial charge in [0, 0.05) is 35.8 Å². The number of hydrogen-bond donors (Lipinski definition) is 2. The molecule has 0 bridgehead atoms. The maximum atomic E-state index is 12.7. The maximum Gasteiger partial charge on any atom is 0.253 e.